The number of carbonyl (C=O) groups is 1. The molecule has 3 rings (SSSR count). The molecule has 0 atom stereocenters. The van der Waals surface area contributed by atoms with Crippen molar-refractivity contribution in [2.75, 3.05) is 0 Å². The quantitative estimate of drug-likeness (QED) is 0.712. The SMILES string of the molecule is Cn1ccnc1-c1ccccc1C(=O)NCc1ccc(S(N)(=O)=O)cc1. The van der Waals surface area contributed by atoms with Gasteiger partial charge in [0.2, 0.25) is 10.0 Å². The summed E-state index contributed by atoms with van der Waals surface area (Å²) in [6, 6.07) is 13.3. The molecule has 1 aromatic heterocycles. The summed E-state index contributed by atoms with van der Waals surface area (Å²) in [6.07, 6.45) is 3.49. The Morgan fingerprint density at radius 1 is 1.15 bits per heavy atom. The molecule has 0 unspecified atom stereocenters. The van der Waals surface area contributed by atoms with Gasteiger partial charge in [-0.15, -0.1) is 0 Å². The van der Waals surface area contributed by atoms with Crippen molar-refractivity contribution in [3.8, 4) is 11.4 Å². The maximum absolute atomic E-state index is 12.6. The van der Waals surface area contributed by atoms with Gasteiger partial charge in [0.1, 0.15) is 5.82 Å². The predicted octanol–water partition coefficient (Wildman–Crippen LogP) is 1.66. The number of sulfonamides is 1. The van der Waals surface area contributed by atoms with E-state index in [1.165, 1.54) is 12.1 Å². The highest BCUT2D eigenvalue weighted by Crippen LogP contribution is 2.21. The van der Waals surface area contributed by atoms with Crippen molar-refractivity contribution in [1.82, 2.24) is 14.9 Å². The molecule has 26 heavy (non-hydrogen) atoms. The summed E-state index contributed by atoms with van der Waals surface area (Å²) in [7, 11) is -1.86. The Bertz CT molecular complexity index is 1040. The fourth-order valence-electron chi connectivity index (χ4n) is 2.58. The monoisotopic (exact) mass is 370 g/mol. The minimum absolute atomic E-state index is 0.0349. The van der Waals surface area contributed by atoms with Crippen LogP contribution in [0.3, 0.4) is 0 Å². The van der Waals surface area contributed by atoms with Gasteiger partial charge in [-0.3, -0.25) is 4.79 Å². The van der Waals surface area contributed by atoms with Crippen LogP contribution in [0.2, 0.25) is 0 Å². The van der Waals surface area contributed by atoms with Crippen LogP contribution in [0.25, 0.3) is 11.4 Å². The van der Waals surface area contributed by atoms with Crippen molar-refractivity contribution in [1.29, 1.82) is 0 Å². The van der Waals surface area contributed by atoms with E-state index in [2.05, 4.69) is 10.3 Å². The van der Waals surface area contributed by atoms with Crippen LogP contribution in [0.5, 0.6) is 0 Å². The molecular formula is C18H18N4O3S. The van der Waals surface area contributed by atoms with Crippen LogP contribution in [-0.4, -0.2) is 23.9 Å². The Morgan fingerprint density at radius 3 is 2.46 bits per heavy atom. The molecule has 0 aliphatic heterocycles. The molecule has 134 valence electrons. The number of carbonyl (C=O) groups excluding carboxylic acids is 1. The smallest absolute Gasteiger partial charge is 0.252 e. The molecule has 0 aliphatic rings. The minimum atomic E-state index is -3.73. The highest BCUT2D eigenvalue weighted by Gasteiger charge is 2.15. The molecule has 0 spiro atoms. The number of nitrogens with one attached hydrogen (secondary N) is 1. The second kappa shape index (κ2) is 7.11. The van der Waals surface area contributed by atoms with Crippen LogP contribution in [0.15, 0.2) is 65.8 Å². The molecule has 8 heteroatoms. The summed E-state index contributed by atoms with van der Waals surface area (Å²) >= 11 is 0. The average Bonchev–Trinajstić information content (AvgIpc) is 3.05. The van der Waals surface area contributed by atoms with Gasteiger partial charge in [-0.2, -0.15) is 0 Å². The number of nitrogens with zero attached hydrogens (tertiary/aromatic N) is 2. The second-order valence-corrected chi connectivity index (χ2v) is 7.34. The third kappa shape index (κ3) is 3.81. The molecular weight excluding hydrogens is 352 g/mol. The first-order valence-corrected chi connectivity index (χ1v) is 9.37. The van der Waals surface area contributed by atoms with Crippen molar-refractivity contribution in [3.63, 3.8) is 0 Å². The maximum atomic E-state index is 12.6. The van der Waals surface area contributed by atoms with Crippen molar-refractivity contribution in [3.05, 3.63) is 72.1 Å². The summed E-state index contributed by atoms with van der Waals surface area (Å²) in [5.74, 6) is 0.465. The van der Waals surface area contributed by atoms with Crippen LogP contribution >= 0.6 is 0 Å². The highest BCUT2D eigenvalue weighted by molar-refractivity contribution is 7.89. The fraction of sp³-hybridized carbons (Fsp3) is 0.111. The van der Waals surface area contributed by atoms with Gasteiger partial charge in [-0.05, 0) is 23.8 Å². The molecule has 0 aliphatic carbocycles. The first-order chi connectivity index (χ1) is 12.4. The van der Waals surface area contributed by atoms with E-state index in [4.69, 9.17) is 5.14 Å². The van der Waals surface area contributed by atoms with Crippen molar-refractivity contribution in [2.45, 2.75) is 11.4 Å². The van der Waals surface area contributed by atoms with Crippen LogP contribution in [-0.2, 0) is 23.6 Å². The van der Waals surface area contributed by atoms with Gasteiger partial charge < -0.3 is 9.88 Å². The number of primary sulfonamides is 1. The number of aromatic nitrogens is 2. The van der Waals surface area contributed by atoms with E-state index in [-0.39, 0.29) is 17.3 Å². The summed E-state index contributed by atoms with van der Waals surface area (Å²) in [5.41, 5.74) is 2.02. The fourth-order valence-corrected chi connectivity index (χ4v) is 3.09. The van der Waals surface area contributed by atoms with E-state index in [0.717, 1.165) is 11.1 Å². The molecule has 0 bridgehead atoms. The molecule has 1 heterocycles. The average molecular weight is 370 g/mol. The van der Waals surface area contributed by atoms with Crippen LogP contribution in [0.4, 0.5) is 0 Å². The molecule has 7 nitrogen and oxygen atoms in total. The minimum Gasteiger partial charge on any atom is -0.348 e. The lowest BCUT2D eigenvalue weighted by Crippen LogP contribution is -2.23. The van der Waals surface area contributed by atoms with E-state index < -0.39 is 10.0 Å². The van der Waals surface area contributed by atoms with Crippen LogP contribution in [0.1, 0.15) is 15.9 Å². The summed E-state index contributed by atoms with van der Waals surface area (Å²) < 4.78 is 24.4. The van der Waals surface area contributed by atoms with Gasteiger partial charge in [0, 0.05) is 31.5 Å². The molecule has 3 N–H and O–H groups in total. The lowest BCUT2D eigenvalue weighted by molar-refractivity contribution is 0.0951. The number of rotatable bonds is 5. The van der Waals surface area contributed by atoms with E-state index in [1.807, 2.05) is 29.9 Å². The van der Waals surface area contributed by atoms with E-state index in [0.29, 0.717) is 11.4 Å². The Hall–Kier alpha value is -2.97. The number of nitrogens with two attached hydrogens (primary N) is 1. The largest absolute Gasteiger partial charge is 0.348 e. The standard InChI is InChI=1S/C18H18N4O3S/c1-22-11-10-20-17(22)15-4-2-3-5-16(15)18(23)21-12-13-6-8-14(9-7-13)26(19,24)25/h2-11H,12H2,1H3,(H,21,23)(H2,19,24,25). The van der Waals surface area contributed by atoms with Gasteiger partial charge in [-0.1, -0.05) is 30.3 Å². The zero-order chi connectivity index (χ0) is 18.7. The summed E-state index contributed by atoms with van der Waals surface area (Å²) in [4.78, 5) is 16.9. The summed E-state index contributed by atoms with van der Waals surface area (Å²) in [5, 5.41) is 7.91. The molecule has 0 fully saturated rings. The lowest BCUT2D eigenvalue weighted by Gasteiger charge is -2.10. The Morgan fingerprint density at radius 2 is 1.85 bits per heavy atom. The molecule has 2 aromatic carbocycles. The Kier molecular flexibility index (Phi) is 4.88. The zero-order valence-corrected chi connectivity index (χ0v) is 14.9. The van der Waals surface area contributed by atoms with Gasteiger partial charge in [0.25, 0.3) is 5.91 Å². The van der Waals surface area contributed by atoms with Crippen LogP contribution < -0.4 is 10.5 Å². The normalized spacial score (nSPS) is 11.3. The topological polar surface area (TPSA) is 107 Å². The van der Waals surface area contributed by atoms with E-state index in [9.17, 15) is 13.2 Å². The third-order valence-electron chi connectivity index (χ3n) is 3.94. The van der Waals surface area contributed by atoms with Crippen molar-refractivity contribution < 1.29 is 13.2 Å². The van der Waals surface area contributed by atoms with Crippen LogP contribution in [0, 0.1) is 0 Å². The number of amides is 1. The van der Waals surface area contributed by atoms with Crippen molar-refractivity contribution >= 4 is 15.9 Å². The maximum Gasteiger partial charge on any atom is 0.252 e. The second-order valence-electron chi connectivity index (χ2n) is 5.78. The molecule has 0 saturated carbocycles. The molecule has 0 radical (unpaired) electrons. The Labute approximate surface area is 151 Å². The molecule has 0 saturated heterocycles. The van der Waals surface area contributed by atoms with Gasteiger partial charge in [0.15, 0.2) is 0 Å². The lowest BCUT2D eigenvalue weighted by atomic mass is 10.1. The first-order valence-electron chi connectivity index (χ1n) is 7.83. The predicted molar refractivity (Wildman–Crippen MR) is 97.6 cm³/mol. The van der Waals surface area contributed by atoms with Gasteiger partial charge in [0.05, 0.1) is 10.5 Å². The van der Waals surface area contributed by atoms with Gasteiger partial charge in [-0.25, -0.2) is 18.5 Å². The third-order valence-corrected chi connectivity index (χ3v) is 4.87. The molecule has 1 amide bonds. The van der Waals surface area contributed by atoms with Gasteiger partial charge >= 0.3 is 0 Å². The molecule has 3 aromatic rings. The van der Waals surface area contributed by atoms with E-state index >= 15 is 0 Å². The highest BCUT2D eigenvalue weighted by atomic mass is 32.2. The summed E-state index contributed by atoms with van der Waals surface area (Å²) in [6.45, 7) is 0.263. The number of imidazole rings is 1. The van der Waals surface area contributed by atoms with Crippen molar-refractivity contribution in [2.24, 2.45) is 12.2 Å². The number of benzene rings is 2. The number of hydrogen-bond acceptors (Lipinski definition) is 4. The number of hydrogen-bond donors (Lipinski definition) is 2. The van der Waals surface area contributed by atoms with E-state index in [1.54, 1.807) is 30.5 Å². The number of aryl methyl sites for hydroxylation is 1. The Balaban J connectivity index is 1.76. The first kappa shape index (κ1) is 17.8. The zero-order valence-electron chi connectivity index (χ0n) is 14.1.